The van der Waals surface area contributed by atoms with E-state index in [9.17, 15) is 4.79 Å². The van der Waals surface area contributed by atoms with Crippen LogP contribution in [-0.2, 0) is 0 Å². The second kappa shape index (κ2) is 7.53. The van der Waals surface area contributed by atoms with E-state index in [1.807, 2.05) is 54.6 Å². The lowest BCUT2D eigenvalue weighted by molar-refractivity contribution is 0.102. The molecule has 3 aromatic rings. The average molecular weight is 333 g/mol. The first-order chi connectivity index (χ1) is 12.2. The summed E-state index contributed by atoms with van der Waals surface area (Å²) in [5, 5.41) is 2.98. The highest BCUT2D eigenvalue weighted by Crippen LogP contribution is 2.32. The van der Waals surface area contributed by atoms with Crippen LogP contribution in [0, 0.1) is 0 Å². The molecule has 4 heteroatoms. The number of benzene rings is 3. The van der Waals surface area contributed by atoms with Crippen molar-refractivity contribution in [3.63, 3.8) is 0 Å². The van der Waals surface area contributed by atoms with Crippen LogP contribution in [-0.4, -0.2) is 20.1 Å². The molecule has 126 valence electrons. The largest absolute Gasteiger partial charge is 0.493 e. The van der Waals surface area contributed by atoms with E-state index in [-0.39, 0.29) is 5.91 Å². The van der Waals surface area contributed by atoms with Crippen LogP contribution in [0.3, 0.4) is 0 Å². The van der Waals surface area contributed by atoms with Gasteiger partial charge in [-0.1, -0.05) is 54.6 Å². The van der Waals surface area contributed by atoms with Crippen LogP contribution in [0.5, 0.6) is 11.5 Å². The maximum absolute atomic E-state index is 12.8. The molecule has 0 unspecified atom stereocenters. The summed E-state index contributed by atoms with van der Waals surface area (Å²) in [7, 11) is 3.07. The Morgan fingerprint density at radius 2 is 1.52 bits per heavy atom. The van der Waals surface area contributed by atoms with E-state index in [2.05, 4.69) is 5.32 Å². The molecule has 0 atom stereocenters. The molecule has 0 aliphatic carbocycles. The zero-order valence-electron chi connectivity index (χ0n) is 14.2. The molecule has 25 heavy (non-hydrogen) atoms. The van der Waals surface area contributed by atoms with Crippen LogP contribution >= 0.6 is 0 Å². The van der Waals surface area contributed by atoms with Gasteiger partial charge in [-0.15, -0.1) is 0 Å². The molecule has 1 N–H and O–H groups in total. The maximum atomic E-state index is 12.8. The number of rotatable bonds is 5. The number of amides is 1. The van der Waals surface area contributed by atoms with E-state index < -0.39 is 0 Å². The normalized spacial score (nSPS) is 10.2. The highest BCUT2D eigenvalue weighted by Gasteiger charge is 2.17. The number of ether oxygens (including phenoxy) is 2. The van der Waals surface area contributed by atoms with E-state index in [0.29, 0.717) is 17.1 Å². The number of carbonyl (C=O) groups excluding carboxylic acids is 1. The molecule has 0 fully saturated rings. The summed E-state index contributed by atoms with van der Waals surface area (Å²) in [5.74, 6) is 0.685. The fourth-order valence-corrected chi connectivity index (χ4v) is 2.72. The number of para-hydroxylation sites is 2. The topological polar surface area (TPSA) is 47.6 Å². The molecule has 4 nitrogen and oxygen atoms in total. The van der Waals surface area contributed by atoms with Crippen LogP contribution in [0.15, 0.2) is 72.8 Å². The minimum atomic E-state index is -0.251. The minimum absolute atomic E-state index is 0.251. The maximum Gasteiger partial charge on any atom is 0.259 e. The van der Waals surface area contributed by atoms with Crippen molar-refractivity contribution in [2.75, 3.05) is 19.5 Å². The summed E-state index contributed by atoms with van der Waals surface area (Å²) < 4.78 is 10.6. The first kappa shape index (κ1) is 16.6. The van der Waals surface area contributed by atoms with Gasteiger partial charge in [0.05, 0.1) is 19.8 Å². The third kappa shape index (κ3) is 3.48. The highest BCUT2D eigenvalue weighted by molar-refractivity contribution is 6.08. The second-order valence-corrected chi connectivity index (χ2v) is 5.41. The minimum Gasteiger partial charge on any atom is -0.493 e. The number of methoxy groups -OCH3 is 2. The zero-order chi connectivity index (χ0) is 17.6. The van der Waals surface area contributed by atoms with Gasteiger partial charge in [-0.2, -0.15) is 0 Å². The Bertz CT molecular complexity index is 875. The van der Waals surface area contributed by atoms with Crippen LogP contribution in [0.1, 0.15) is 10.4 Å². The predicted molar refractivity (Wildman–Crippen MR) is 99.4 cm³/mol. The number of hydrogen-bond donors (Lipinski definition) is 1. The molecule has 1 amide bonds. The lowest BCUT2D eigenvalue weighted by atomic mass is 10.0. The lowest BCUT2D eigenvalue weighted by Crippen LogP contribution is -2.14. The van der Waals surface area contributed by atoms with E-state index in [4.69, 9.17) is 9.47 Å². The van der Waals surface area contributed by atoms with Crippen molar-refractivity contribution >= 4 is 11.6 Å². The van der Waals surface area contributed by atoms with Crippen molar-refractivity contribution in [3.8, 4) is 22.6 Å². The Morgan fingerprint density at radius 1 is 0.800 bits per heavy atom. The summed E-state index contributed by atoms with van der Waals surface area (Å²) in [5.41, 5.74) is 3.16. The first-order valence-corrected chi connectivity index (χ1v) is 7.91. The van der Waals surface area contributed by atoms with E-state index in [0.717, 1.165) is 16.8 Å². The van der Waals surface area contributed by atoms with E-state index in [1.54, 1.807) is 25.3 Å². The molecule has 0 aromatic heterocycles. The van der Waals surface area contributed by atoms with Crippen molar-refractivity contribution in [1.82, 2.24) is 0 Å². The summed E-state index contributed by atoms with van der Waals surface area (Å²) in [6, 6.07) is 22.9. The van der Waals surface area contributed by atoms with Gasteiger partial charge in [-0.05, 0) is 23.8 Å². The van der Waals surface area contributed by atoms with Gasteiger partial charge in [0.25, 0.3) is 5.91 Å². The molecular weight excluding hydrogens is 314 g/mol. The van der Waals surface area contributed by atoms with Crippen molar-refractivity contribution in [3.05, 3.63) is 78.4 Å². The monoisotopic (exact) mass is 333 g/mol. The van der Waals surface area contributed by atoms with Crippen LogP contribution < -0.4 is 14.8 Å². The molecule has 0 spiro atoms. The summed E-state index contributed by atoms with van der Waals surface area (Å²) in [4.78, 5) is 12.8. The smallest absolute Gasteiger partial charge is 0.259 e. The molecule has 0 bridgehead atoms. The zero-order valence-corrected chi connectivity index (χ0v) is 14.2. The quantitative estimate of drug-likeness (QED) is 0.741. The third-order valence-electron chi connectivity index (χ3n) is 3.91. The third-order valence-corrected chi connectivity index (χ3v) is 3.91. The molecule has 0 heterocycles. The van der Waals surface area contributed by atoms with Gasteiger partial charge in [0.2, 0.25) is 0 Å². The first-order valence-electron chi connectivity index (χ1n) is 7.91. The number of carbonyl (C=O) groups is 1. The van der Waals surface area contributed by atoms with E-state index >= 15 is 0 Å². The average Bonchev–Trinajstić information content (AvgIpc) is 2.68. The van der Waals surface area contributed by atoms with Gasteiger partial charge >= 0.3 is 0 Å². The summed E-state index contributed by atoms with van der Waals surface area (Å²) >= 11 is 0. The second-order valence-electron chi connectivity index (χ2n) is 5.41. The van der Waals surface area contributed by atoms with Gasteiger partial charge in [-0.25, -0.2) is 0 Å². The lowest BCUT2D eigenvalue weighted by Gasteiger charge is -2.14. The molecule has 0 radical (unpaired) electrons. The van der Waals surface area contributed by atoms with E-state index in [1.165, 1.54) is 7.11 Å². The Hall–Kier alpha value is -3.27. The molecule has 0 aliphatic rings. The Morgan fingerprint density at radius 3 is 2.24 bits per heavy atom. The fraction of sp³-hybridized carbons (Fsp3) is 0.0952. The summed E-state index contributed by atoms with van der Waals surface area (Å²) in [6.45, 7) is 0. The van der Waals surface area contributed by atoms with Crippen molar-refractivity contribution in [1.29, 1.82) is 0 Å². The SMILES string of the molecule is COc1cccc(C(=O)Nc2ccccc2-c2ccccc2)c1OC. The fourth-order valence-electron chi connectivity index (χ4n) is 2.72. The molecule has 3 rings (SSSR count). The molecule has 0 aliphatic heterocycles. The molecule has 0 saturated heterocycles. The Labute approximate surface area is 147 Å². The van der Waals surface area contributed by atoms with Crippen molar-refractivity contribution in [2.24, 2.45) is 0 Å². The predicted octanol–water partition coefficient (Wildman–Crippen LogP) is 4.62. The number of anilines is 1. The highest BCUT2D eigenvalue weighted by atomic mass is 16.5. The number of hydrogen-bond acceptors (Lipinski definition) is 3. The Balaban J connectivity index is 1.96. The Kier molecular flexibility index (Phi) is 5.00. The van der Waals surface area contributed by atoms with Gasteiger partial charge in [-0.3, -0.25) is 4.79 Å². The standard InChI is InChI=1S/C21H19NO3/c1-24-19-14-8-12-17(20(19)25-2)21(23)22-18-13-7-6-11-16(18)15-9-4-3-5-10-15/h3-14H,1-2H3,(H,22,23). The summed E-state index contributed by atoms with van der Waals surface area (Å²) in [6.07, 6.45) is 0. The molecule has 3 aromatic carbocycles. The van der Waals surface area contributed by atoms with Gasteiger partial charge < -0.3 is 14.8 Å². The van der Waals surface area contributed by atoms with Crippen molar-refractivity contribution < 1.29 is 14.3 Å². The van der Waals surface area contributed by atoms with Crippen molar-refractivity contribution in [2.45, 2.75) is 0 Å². The molecule has 0 saturated carbocycles. The number of nitrogens with one attached hydrogen (secondary N) is 1. The van der Waals surface area contributed by atoms with Crippen LogP contribution in [0.25, 0.3) is 11.1 Å². The molecular formula is C21H19NO3. The van der Waals surface area contributed by atoms with Gasteiger partial charge in [0.15, 0.2) is 11.5 Å². The van der Waals surface area contributed by atoms with Crippen LogP contribution in [0.2, 0.25) is 0 Å². The van der Waals surface area contributed by atoms with Gasteiger partial charge in [0, 0.05) is 11.3 Å². The van der Waals surface area contributed by atoms with Crippen LogP contribution in [0.4, 0.5) is 5.69 Å². The van der Waals surface area contributed by atoms with Gasteiger partial charge in [0.1, 0.15) is 0 Å².